The highest BCUT2D eigenvalue weighted by molar-refractivity contribution is 5.73. The third-order valence-corrected chi connectivity index (χ3v) is 1.17. The fourth-order valence-electron chi connectivity index (χ4n) is 0.629. The Labute approximate surface area is 83.4 Å². The smallest absolute Gasteiger partial charge is 0.339 e. The Morgan fingerprint density at radius 2 is 2.40 bits per heavy atom. The molecule has 2 amide bonds. The van der Waals surface area contributed by atoms with Gasteiger partial charge in [0.1, 0.15) is 0 Å². The number of hydroxylamine groups is 1. The van der Waals surface area contributed by atoms with E-state index in [1.54, 1.807) is 0 Å². The molecule has 0 radical (unpaired) electrons. The van der Waals surface area contributed by atoms with Gasteiger partial charge in [-0.3, -0.25) is 4.84 Å². The van der Waals surface area contributed by atoms with Crippen molar-refractivity contribution in [3.63, 3.8) is 0 Å². The number of hydrogen-bond donors (Lipinski definition) is 3. The number of nitrogens with one attached hydrogen (secondary N) is 2. The highest BCUT2D eigenvalue weighted by atomic mass is 16.7. The average Bonchev–Trinajstić information content (AvgIpc) is 2.66. The van der Waals surface area contributed by atoms with Gasteiger partial charge in [-0.05, 0) is 0 Å². The molecule has 0 aliphatic heterocycles. The summed E-state index contributed by atoms with van der Waals surface area (Å²) < 4.78 is 4.42. The van der Waals surface area contributed by atoms with Gasteiger partial charge in [0.25, 0.3) is 0 Å². The van der Waals surface area contributed by atoms with E-state index in [0.717, 1.165) is 6.39 Å². The number of rotatable bonds is 5. The van der Waals surface area contributed by atoms with Crippen LogP contribution in [0, 0.1) is 0 Å². The normalized spacial score (nSPS) is 9.60. The quantitative estimate of drug-likeness (QED) is 0.532. The molecule has 0 atom stereocenters. The maximum absolute atomic E-state index is 10.9. The highest BCUT2D eigenvalue weighted by Crippen LogP contribution is 1.85. The maximum atomic E-state index is 10.9. The van der Waals surface area contributed by atoms with Crippen LogP contribution in [0.3, 0.4) is 0 Å². The first-order valence-corrected chi connectivity index (χ1v) is 3.81. The molecule has 1 aromatic heterocycles. The minimum atomic E-state index is -1.19. The summed E-state index contributed by atoms with van der Waals surface area (Å²) in [5.41, 5.74) is 1.86. The van der Waals surface area contributed by atoms with Crippen LogP contribution >= 0.6 is 0 Å². The molecule has 0 saturated heterocycles. The number of hydrogen-bond acceptors (Lipinski definition) is 6. The Kier molecular flexibility index (Phi) is 4.04. The van der Waals surface area contributed by atoms with Gasteiger partial charge in [-0.1, -0.05) is 5.16 Å². The van der Waals surface area contributed by atoms with Gasteiger partial charge in [0, 0.05) is 0 Å². The number of nitrogens with zero attached hydrogens (tertiary/aromatic N) is 2. The van der Waals surface area contributed by atoms with Gasteiger partial charge in [0.05, 0.1) is 6.54 Å². The van der Waals surface area contributed by atoms with Crippen molar-refractivity contribution in [2.45, 2.75) is 6.54 Å². The van der Waals surface area contributed by atoms with Crippen LogP contribution in [0.15, 0.2) is 10.9 Å². The molecule has 0 fully saturated rings. The van der Waals surface area contributed by atoms with Gasteiger partial charge in [0.15, 0.2) is 12.4 Å². The van der Waals surface area contributed by atoms with Crippen LogP contribution in [-0.2, 0) is 16.2 Å². The standard InChI is InChI=1S/C6H8N4O5/c11-5(12)2-14-10-6(13)7-1-4-8-3-15-9-4/h3H,1-2H2,(H,11,12)(H2,7,10,13). The van der Waals surface area contributed by atoms with Crippen LogP contribution in [0.25, 0.3) is 0 Å². The molecule has 0 unspecified atom stereocenters. The molecule has 1 heterocycles. The summed E-state index contributed by atoms with van der Waals surface area (Å²) >= 11 is 0. The van der Waals surface area contributed by atoms with Gasteiger partial charge in [-0.25, -0.2) is 15.1 Å². The summed E-state index contributed by atoms with van der Waals surface area (Å²) in [6, 6.07) is -0.693. The van der Waals surface area contributed by atoms with Crippen LogP contribution in [-0.4, -0.2) is 33.9 Å². The van der Waals surface area contributed by atoms with Crippen molar-refractivity contribution in [2.75, 3.05) is 6.61 Å². The Morgan fingerprint density at radius 1 is 1.60 bits per heavy atom. The monoisotopic (exact) mass is 216 g/mol. The maximum Gasteiger partial charge on any atom is 0.339 e. The van der Waals surface area contributed by atoms with Gasteiger partial charge in [-0.2, -0.15) is 4.98 Å². The zero-order valence-electron chi connectivity index (χ0n) is 7.47. The zero-order valence-corrected chi connectivity index (χ0v) is 7.47. The number of amides is 2. The minimum absolute atomic E-state index is 0.0543. The van der Waals surface area contributed by atoms with Crippen molar-refractivity contribution in [3.05, 3.63) is 12.2 Å². The van der Waals surface area contributed by atoms with E-state index in [1.807, 2.05) is 5.48 Å². The molecule has 0 aromatic carbocycles. The molecule has 82 valence electrons. The van der Waals surface area contributed by atoms with E-state index in [0.29, 0.717) is 5.82 Å². The summed E-state index contributed by atoms with van der Waals surface area (Å²) in [5, 5.41) is 13.9. The largest absolute Gasteiger partial charge is 0.479 e. The number of aliphatic carboxylic acids is 1. The van der Waals surface area contributed by atoms with E-state index in [2.05, 4.69) is 24.8 Å². The predicted molar refractivity (Wildman–Crippen MR) is 43.3 cm³/mol. The topological polar surface area (TPSA) is 127 Å². The SMILES string of the molecule is O=C(O)CONC(=O)NCc1ncon1. The lowest BCUT2D eigenvalue weighted by molar-refractivity contribution is -0.144. The van der Waals surface area contributed by atoms with Gasteiger partial charge < -0.3 is 14.9 Å². The summed E-state index contributed by atoms with van der Waals surface area (Å²) in [6.07, 6.45) is 1.12. The second-order valence-electron chi connectivity index (χ2n) is 2.31. The summed E-state index contributed by atoms with van der Waals surface area (Å²) in [7, 11) is 0. The fraction of sp³-hybridized carbons (Fsp3) is 0.333. The van der Waals surface area contributed by atoms with Crippen molar-refractivity contribution < 1.29 is 24.1 Å². The number of carboxylic acids is 1. The molecular formula is C6H8N4O5. The van der Waals surface area contributed by atoms with Crippen molar-refractivity contribution in [2.24, 2.45) is 0 Å². The Hall–Kier alpha value is -2.16. The first kappa shape index (κ1) is 10.9. The number of aromatic nitrogens is 2. The van der Waals surface area contributed by atoms with E-state index < -0.39 is 18.6 Å². The number of carbonyl (C=O) groups is 2. The molecule has 0 bridgehead atoms. The summed E-state index contributed by atoms with van der Waals surface area (Å²) in [4.78, 5) is 28.8. The van der Waals surface area contributed by atoms with Crippen molar-refractivity contribution in [1.29, 1.82) is 0 Å². The van der Waals surface area contributed by atoms with Crippen LogP contribution in [0.2, 0.25) is 0 Å². The number of carbonyl (C=O) groups excluding carboxylic acids is 1. The second kappa shape index (κ2) is 5.54. The van der Waals surface area contributed by atoms with E-state index in [4.69, 9.17) is 5.11 Å². The highest BCUT2D eigenvalue weighted by Gasteiger charge is 2.04. The molecule has 9 heteroatoms. The molecule has 9 nitrogen and oxygen atoms in total. The van der Waals surface area contributed by atoms with E-state index >= 15 is 0 Å². The van der Waals surface area contributed by atoms with Crippen molar-refractivity contribution in [3.8, 4) is 0 Å². The van der Waals surface area contributed by atoms with Gasteiger partial charge in [0.2, 0.25) is 6.39 Å². The third-order valence-electron chi connectivity index (χ3n) is 1.17. The predicted octanol–water partition coefficient (Wildman–Crippen LogP) is -1.11. The van der Waals surface area contributed by atoms with E-state index in [1.165, 1.54) is 0 Å². The number of urea groups is 1. The summed E-state index contributed by atoms with van der Waals surface area (Å²) in [5.74, 6) is -0.892. The number of carboxylic acid groups (broad SMARTS) is 1. The van der Waals surface area contributed by atoms with E-state index in [9.17, 15) is 9.59 Å². The fourth-order valence-corrected chi connectivity index (χ4v) is 0.629. The molecule has 0 saturated carbocycles. The van der Waals surface area contributed by atoms with Crippen molar-refractivity contribution in [1.82, 2.24) is 20.9 Å². The van der Waals surface area contributed by atoms with Gasteiger partial charge >= 0.3 is 12.0 Å². The molecule has 0 spiro atoms. The third kappa shape index (κ3) is 4.57. The lowest BCUT2D eigenvalue weighted by Crippen LogP contribution is -2.36. The first-order chi connectivity index (χ1) is 7.18. The molecule has 1 rings (SSSR count). The van der Waals surface area contributed by atoms with Gasteiger partial charge in [-0.15, -0.1) is 0 Å². The zero-order chi connectivity index (χ0) is 11.1. The second-order valence-corrected chi connectivity index (χ2v) is 2.31. The molecule has 3 N–H and O–H groups in total. The average molecular weight is 216 g/mol. The molecule has 15 heavy (non-hydrogen) atoms. The Balaban J connectivity index is 2.11. The summed E-state index contributed by atoms with van der Waals surface area (Å²) in [6.45, 7) is -0.561. The van der Waals surface area contributed by atoms with E-state index in [-0.39, 0.29) is 6.54 Å². The Morgan fingerprint density at radius 3 is 3.00 bits per heavy atom. The molecule has 0 aliphatic rings. The van der Waals surface area contributed by atoms with Crippen LogP contribution in [0.1, 0.15) is 5.82 Å². The molecule has 1 aromatic rings. The molecule has 0 aliphatic carbocycles. The van der Waals surface area contributed by atoms with Crippen molar-refractivity contribution >= 4 is 12.0 Å². The lowest BCUT2D eigenvalue weighted by atomic mass is 10.6. The first-order valence-electron chi connectivity index (χ1n) is 3.81. The molecular weight excluding hydrogens is 208 g/mol. The van der Waals surface area contributed by atoms with Crippen LogP contribution in [0.5, 0.6) is 0 Å². The van der Waals surface area contributed by atoms with Crippen LogP contribution < -0.4 is 10.8 Å². The lowest BCUT2D eigenvalue weighted by Gasteiger charge is -2.03. The minimum Gasteiger partial charge on any atom is -0.479 e. The Bertz CT molecular complexity index is 324. The van der Waals surface area contributed by atoms with Crippen LogP contribution in [0.4, 0.5) is 4.79 Å².